The van der Waals surface area contributed by atoms with Gasteiger partial charge in [0.1, 0.15) is 54.9 Å². The van der Waals surface area contributed by atoms with Gasteiger partial charge in [0, 0.05) is 11.1 Å². The van der Waals surface area contributed by atoms with Gasteiger partial charge in [-0.1, -0.05) is 48.3 Å². The molecule has 0 aromatic heterocycles. The van der Waals surface area contributed by atoms with Gasteiger partial charge in [-0.2, -0.15) is 0 Å². The first-order chi connectivity index (χ1) is 18.7. The summed E-state index contributed by atoms with van der Waals surface area (Å²) in [5.41, 5.74) is 2.96. The zero-order valence-corrected chi connectivity index (χ0v) is 21.1. The van der Waals surface area contributed by atoms with Crippen molar-refractivity contribution in [3.63, 3.8) is 0 Å². The van der Waals surface area contributed by atoms with E-state index in [1.807, 2.05) is 30.3 Å². The second kappa shape index (κ2) is 13.1. The molecular formula is C29H34O10. The van der Waals surface area contributed by atoms with Crippen molar-refractivity contribution in [2.75, 3.05) is 13.2 Å². The Morgan fingerprint density at radius 2 is 1.08 bits per heavy atom. The highest BCUT2D eigenvalue weighted by Crippen LogP contribution is 2.32. The summed E-state index contributed by atoms with van der Waals surface area (Å²) in [6.07, 6.45) is -7.89. The summed E-state index contributed by atoms with van der Waals surface area (Å²) in [5.74, 6) is 6.13. The van der Waals surface area contributed by atoms with Crippen LogP contribution in [-0.2, 0) is 9.47 Å². The largest absolute Gasteiger partial charge is 0.394 e. The number of hydrogen-bond acceptors (Lipinski definition) is 10. The van der Waals surface area contributed by atoms with Gasteiger partial charge in [0.25, 0.3) is 0 Å². The van der Waals surface area contributed by atoms with Gasteiger partial charge >= 0.3 is 0 Å². The summed E-state index contributed by atoms with van der Waals surface area (Å²) in [6.45, 7) is -0.951. The van der Waals surface area contributed by atoms with Crippen LogP contribution in [0.1, 0.15) is 34.8 Å². The lowest BCUT2D eigenvalue weighted by molar-refractivity contribution is -0.231. The molecule has 0 aliphatic carbocycles. The average Bonchev–Trinajstić information content (AvgIpc) is 2.96. The maximum Gasteiger partial charge on any atom is 0.113 e. The maximum absolute atomic E-state index is 10.3. The molecule has 2 fully saturated rings. The fourth-order valence-electron chi connectivity index (χ4n) is 4.67. The lowest BCUT2D eigenvalue weighted by atomic mass is 9.91. The van der Waals surface area contributed by atoms with Crippen LogP contribution in [0, 0.1) is 11.8 Å². The smallest absolute Gasteiger partial charge is 0.113 e. The number of rotatable bonds is 6. The van der Waals surface area contributed by atoms with Gasteiger partial charge in [0.2, 0.25) is 0 Å². The van der Waals surface area contributed by atoms with E-state index in [1.54, 1.807) is 30.3 Å². The van der Waals surface area contributed by atoms with Crippen LogP contribution in [0.5, 0.6) is 0 Å². The van der Waals surface area contributed by atoms with Gasteiger partial charge in [-0.15, -0.1) is 0 Å². The van der Waals surface area contributed by atoms with E-state index in [4.69, 9.17) is 9.47 Å². The van der Waals surface area contributed by atoms with Crippen molar-refractivity contribution in [2.45, 2.75) is 67.5 Å². The van der Waals surface area contributed by atoms with E-state index in [2.05, 4.69) is 11.8 Å². The molecule has 10 nitrogen and oxygen atoms in total. The monoisotopic (exact) mass is 542 g/mol. The van der Waals surface area contributed by atoms with Crippen molar-refractivity contribution in [3.05, 3.63) is 76.9 Å². The van der Waals surface area contributed by atoms with E-state index in [0.717, 1.165) is 11.1 Å². The van der Waals surface area contributed by atoms with E-state index < -0.39 is 74.3 Å². The second-order valence-electron chi connectivity index (χ2n) is 9.75. The Morgan fingerprint density at radius 1 is 0.590 bits per heavy atom. The lowest BCUT2D eigenvalue weighted by Gasteiger charge is -2.40. The molecule has 8 N–H and O–H groups in total. The summed E-state index contributed by atoms with van der Waals surface area (Å²) in [5, 5.41) is 78.8. The van der Waals surface area contributed by atoms with Crippen molar-refractivity contribution in [1.29, 1.82) is 0 Å². The lowest BCUT2D eigenvalue weighted by Crippen LogP contribution is -2.58. The van der Waals surface area contributed by atoms with E-state index in [0.29, 0.717) is 11.1 Å². The number of ether oxygens (including phenoxy) is 2. The molecule has 2 aliphatic rings. The normalized spacial score (nSPS) is 35.0. The summed E-state index contributed by atoms with van der Waals surface area (Å²) >= 11 is 0. The first kappa shape index (κ1) is 29.3. The summed E-state index contributed by atoms with van der Waals surface area (Å²) in [6, 6.07) is 14.4. The number of hydrogen-bond donors (Lipinski definition) is 8. The van der Waals surface area contributed by atoms with Gasteiger partial charge in [0.15, 0.2) is 0 Å². The van der Waals surface area contributed by atoms with Crippen molar-refractivity contribution in [1.82, 2.24) is 0 Å². The molecule has 2 aromatic carbocycles. The second-order valence-corrected chi connectivity index (χ2v) is 9.75. The minimum Gasteiger partial charge on any atom is -0.394 e. The molecule has 2 aromatic rings. The average molecular weight is 543 g/mol. The Labute approximate surface area is 226 Å². The molecule has 39 heavy (non-hydrogen) atoms. The molecule has 2 aliphatic heterocycles. The molecule has 0 radical (unpaired) electrons. The van der Waals surface area contributed by atoms with Crippen LogP contribution in [-0.4, -0.2) is 109 Å². The Bertz CT molecular complexity index is 1150. The summed E-state index contributed by atoms with van der Waals surface area (Å²) in [7, 11) is 0. The van der Waals surface area contributed by atoms with E-state index in [-0.39, 0.29) is 6.42 Å². The number of aliphatic hydroxyl groups is 8. The highest BCUT2D eigenvalue weighted by Gasteiger charge is 2.44. The first-order valence-corrected chi connectivity index (χ1v) is 12.7. The molecular weight excluding hydrogens is 508 g/mol. The molecule has 0 spiro atoms. The Balaban J connectivity index is 1.34. The van der Waals surface area contributed by atoms with Gasteiger partial charge in [-0.3, -0.25) is 0 Å². The van der Waals surface area contributed by atoms with E-state index in [1.165, 1.54) is 0 Å². The fraction of sp³-hybridized carbons (Fsp3) is 0.448. The van der Waals surface area contributed by atoms with Gasteiger partial charge < -0.3 is 50.3 Å². The predicted octanol–water partition coefficient (Wildman–Crippen LogP) is -1.15. The minimum absolute atomic E-state index is 0.280. The van der Waals surface area contributed by atoms with Crippen LogP contribution >= 0.6 is 0 Å². The highest BCUT2D eigenvalue weighted by atomic mass is 16.6. The van der Waals surface area contributed by atoms with Crippen molar-refractivity contribution < 1.29 is 50.3 Å². The highest BCUT2D eigenvalue weighted by molar-refractivity contribution is 5.52. The molecule has 4 rings (SSSR count). The van der Waals surface area contributed by atoms with Crippen LogP contribution < -0.4 is 0 Å². The van der Waals surface area contributed by atoms with E-state index in [9.17, 15) is 40.9 Å². The Hall–Kier alpha value is -2.66. The summed E-state index contributed by atoms with van der Waals surface area (Å²) < 4.78 is 11.1. The van der Waals surface area contributed by atoms with E-state index >= 15 is 0 Å². The standard InChI is InChI=1S/C29H34O10/c30-14-21-24(33)26(35)23(32)20(38-21)3-1-2-16-4-6-17(7-5-16)8-9-18-10-12-19(13-11-18)29-28(37)27(36)25(34)22(15-31)39-29/h1-2,4-7,10-13,20-37H,3,14-15H2/b2-1+/t20-,21-,22-,23-,24-,25-,26-,27+,28-,29-/m1/s1. The van der Waals surface area contributed by atoms with Crippen LogP contribution in [0.3, 0.4) is 0 Å². The first-order valence-electron chi connectivity index (χ1n) is 12.7. The summed E-state index contributed by atoms with van der Waals surface area (Å²) in [4.78, 5) is 0. The minimum atomic E-state index is -1.44. The van der Waals surface area contributed by atoms with Crippen LogP contribution in [0.4, 0.5) is 0 Å². The van der Waals surface area contributed by atoms with Gasteiger partial charge in [-0.05, 0) is 41.8 Å². The Kier molecular flexibility index (Phi) is 9.87. The molecule has 0 bridgehead atoms. The molecule has 0 unspecified atom stereocenters. The topological polar surface area (TPSA) is 180 Å². The molecule has 2 saturated heterocycles. The third-order valence-electron chi connectivity index (χ3n) is 7.06. The molecule has 0 saturated carbocycles. The molecule has 10 heteroatoms. The Morgan fingerprint density at radius 3 is 1.64 bits per heavy atom. The predicted molar refractivity (Wildman–Crippen MR) is 139 cm³/mol. The third kappa shape index (κ3) is 6.74. The molecule has 10 atom stereocenters. The SMILES string of the molecule is OC[C@H]1O[C@H](C/C=C/c2ccc(C#Cc3ccc([C@H]4O[C@H](CO)[C@@H](O)[C@H](O)[C@H]4O)cc3)cc2)[C@@H](O)[C@@H](O)[C@@H]1O. The zero-order valence-electron chi connectivity index (χ0n) is 21.1. The zero-order chi connectivity index (χ0) is 28.1. The van der Waals surface area contributed by atoms with Crippen LogP contribution in [0.25, 0.3) is 6.08 Å². The maximum atomic E-state index is 10.3. The molecule has 0 amide bonds. The van der Waals surface area contributed by atoms with Crippen molar-refractivity contribution >= 4 is 6.08 Å². The van der Waals surface area contributed by atoms with Crippen LogP contribution in [0.15, 0.2) is 54.6 Å². The quantitative estimate of drug-likeness (QED) is 0.208. The van der Waals surface area contributed by atoms with Crippen molar-refractivity contribution in [3.8, 4) is 11.8 Å². The van der Waals surface area contributed by atoms with Crippen molar-refractivity contribution in [2.24, 2.45) is 0 Å². The molecule has 210 valence electrons. The number of benzene rings is 2. The number of aliphatic hydroxyl groups excluding tert-OH is 8. The van der Waals surface area contributed by atoms with Crippen LogP contribution in [0.2, 0.25) is 0 Å². The third-order valence-corrected chi connectivity index (χ3v) is 7.06. The molecule has 2 heterocycles. The van der Waals surface area contributed by atoms with Gasteiger partial charge in [-0.25, -0.2) is 0 Å². The van der Waals surface area contributed by atoms with Gasteiger partial charge in [0.05, 0.1) is 19.3 Å². The fourth-order valence-corrected chi connectivity index (χ4v) is 4.67.